The van der Waals surface area contributed by atoms with Crippen molar-refractivity contribution >= 4 is 49.5 Å². The van der Waals surface area contributed by atoms with Gasteiger partial charge in [0, 0.05) is 13.0 Å². The molecular formula is C10H10Br2N4O2. The first-order valence-electron chi connectivity index (χ1n) is 5.32. The third-order valence-corrected chi connectivity index (χ3v) is 3.51. The Hall–Kier alpha value is -1.02. The summed E-state index contributed by atoms with van der Waals surface area (Å²) in [5, 5.41) is 5.36. The van der Waals surface area contributed by atoms with Crippen LogP contribution in [0.4, 0.5) is 5.82 Å². The van der Waals surface area contributed by atoms with E-state index < -0.39 is 0 Å². The zero-order valence-corrected chi connectivity index (χ0v) is 12.4. The molecule has 1 aromatic rings. The lowest BCUT2D eigenvalue weighted by Crippen LogP contribution is -2.40. The normalized spacial score (nSPS) is 19.2. The molecule has 1 aromatic heterocycles. The van der Waals surface area contributed by atoms with Crippen LogP contribution in [0.1, 0.15) is 12.8 Å². The summed E-state index contributed by atoms with van der Waals surface area (Å²) >= 11 is 6.40. The van der Waals surface area contributed by atoms with Crippen molar-refractivity contribution in [3.8, 4) is 0 Å². The van der Waals surface area contributed by atoms with Gasteiger partial charge in [-0.2, -0.15) is 0 Å². The molecule has 1 aliphatic heterocycles. The minimum atomic E-state index is -0.222. The quantitative estimate of drug-likeness (QED) is 0.817. The van der Waals surface area contributed by atoms with Gasteiger partial charge >= 0.3 is 0 Å². The highest BCUT2D eigenvalue weighted by atomic mass is 79.9. The summed E-state index contributed by atoms with van der Waals surface area (Å²) in [4.78, 5) is 31.1. The van der Waals surface area contributed by atoms with Gasteiger partial charge in [0.2, 0.25) is 11.8 Å². The van der Waals surface area contributed by atoms with Gasteiger partial charge in [0.25, 0.3) is 0 Å². The van der Waals surface area contributed by atoms with Gasteiger partial charge in [-0.15, -0.1) is 0 Å². The second-order valence-corrected chi connectivity index (χ2v) is 5.42. The summed E-state index contributed by atoms with van der Waals surface area (Å²) in [6, 6.07) is 0. The summed E-state index contributed by atoms with van der Waals surface area (Å²) in [6.45, 7) is 0.367. The van der Waals surface area contributed by atoms with Crippen molar-refractivity contribution in [3.05, 3.63) is 15.4 Å². The third kappa shape index (κ3) is 3.26. The average Bonchev–Trinajstić information content (AvgIpc) is 2.33. The van der Waals surface area contributed by atoms with Crippen LogP contribution in [0.15, 0.2) is 15.4 Å². The first kappa shape index (κ1) is 13.4. The lowest BCUT2D eigenvalue weighted by Gasteiger charge is -2.21. The van der Waals surface area contributed by atoms with Crippen LogP contribution in [0.3, 0.4) is 0 Å². The van der Waals surface area contributed by atoms with Gasteiger partial charge in [-0.05, 0) is 38.3 Å². The molecule has 1 fully saturated rings. The monoisotopic (exact) mass is 376 g/mol. The summed E-state index contributed by atoms with van der Waals surface area (Å²) < 4.78 is 1.04. The van der Waals surface area contributed by atoms with E-state index in [9.17, 15) is 9.59 Å². The van der Waals surface area contributed by atoms with Crippen LogP contribution < -0.4 is 10.6 Å². The van der Waals surface area contributed by atoms with E-state index in [4.69, 9.17) is 0 Å². The summed E-state index contributed by atoms with van der Waals surface area (Å²) in [5.74, 6) is -0.0175. The fourth-order valence-corrected chi connectivity index (χ4v) is 2.52. The van der Waals surface area contributed by atoms with Crippen molar-refractivity contribution in [2.24, 2.45) is 5.92 Å². The van der Waals surface area contributed by atoms with E-state index in [0.717, 1.165) is 0 Å². The number of carbonyl (C=O) groups excluding carboxylic acids is 2. The Morgan fingerprint density at radius 3 is 2.89 bits per heavy atom. The second kappa shape index (κ2) is 5.75. The largest absolute Gasteiger partial charge is 0.355 e. The number of amides is 2. The molecule has 8 heteroatoms. The van der Waals surface area contributed by atoms with E-state index in [1.807, 2.05) is 0 Å². The van der Waals surface area contributed by atoms with E-state index in [1.54, 1.807) is 0 Å². The molecule has 1 aliphatic rings. The van der Waals surface area contributed by atoms with Crippen LogP contribution in [-0.2, 0) is 9.59 Å². The van der Waals surface area contributed by atoms with E-state index in [0.29, 0.717) is 34.4 Å². The minimum absolute atomic E-state index is 0.0105. The predicted molar refractivity (Wildman–Crippen MR) is 71.8 cm³/mol. The molecule has 6 nitrogen and oxygen atoms in total. The van der Waals surface area contributed by atoms with Gasteiger partial charge in [0.1, 0.15) is 9.21 Å². The topological polar surface area (TPSA) is 84.0 Å². The Balaban J connectivity index is 2.00. The number of nitrogens with zero attached hydrogens (tertiary/aromatic N) is 2. The van der Waals surface area contributed by atoms with E-state index >= 15 is 0 Å². The van der Waals surface area contributed by atoms with Gasteiger partial charge in [-0.25, -0.2) is 9.97 Å². The maximum atomic E-state index is 11.9. The molecule has 1 unspecified atom stereocenters. The van der Waals surface area contributed by atoms with Crippen molar-refractivity contribution in [1.29, 1.82) is 0 Å². The van der Waals surface area contributed by atoms with Crippen molar-refractivity contribution in [2.45, 2.75) is 12.8 Å². The number of carbonyl (C=O) groups is 2. The molecule has 1 atom stereocenters. The molecule has 2 N–H and O–H groups in total. The van der Waals surface area contributed by atoms with Crippen LogP contribution in [0, 0.1) is 5.92 Å². The lowest BCUT2D eigenvalue weighted by molar-refractivity contribution is -0.126. The van der Waals surface area contributed by atoms with Gasteiger partial charge in [0.15, 0.2) is 5.82 Å². The number of aromatic nitrogens is 2. The molecule has 96 valence electrons. The molecule has 2 heterocycles. The Morgan fingerprint density at radius 2 is 2.28 bits per heavy atom. The van der Waals surface area contributed by atoms with Gasteiger partial charge in [0.05, 0.1) is 12.1 Å². The van der Waals surface area contributed by atoms with Crippen LogP contribution in [0.5, 0.6) is 0 Å². The average molecular weight is 378 g/mol. The van der Waals surface area contributed by atoms with Crippen molar-refractivity contribution in [1.82, 2.24) is 15.3 Å². The zero-order chi connectivity index (χ0) is 13.1. The second-order valence-electron chi connectivity index (χ2n) is 3.86. The van der Waals surface area contributed by atoms with Gasteiger partial charge < -0.3 is 10.6 Å². The molecule has 0 aliphatic carbocycles. The molecule has 0 aromatic carbocycles. The predicted octanol–water partition coefficient (Wildman–Crippen LogP) is 1.47. The van der Waals surface area contributed by atoms with Crippen molar-refractivity contribution in [3.63, 3.8) is 0 Å². The Bertz CT molecular complexity index is 485. The number of rotatable bonds is 2. The highest BCUT2D eigenvalue weighted by molar-refractivity contribution is 9.11. The highest BCUT2D eigenvalue weighted by Crippen LogP contribution is 2.21. The maximum Gasteiger partial charge on any atom is 0.230 e. The van der Waals surface area contributed by atoms with Crippen molar-refractivity contribution < 1.29 is 9.59 Å². The number of hydrogen-bond acceptors (Lipinski definition) is 4. The Labute approximate surface area is 120 Å². The lowest BCUT2D eigenvalue weighted by atomic mass is 9.98. The number of hydrogen-bond donors (Lipinski definition) is 2. The molecule has 2 rings (SSSR count). The first-order chi connectivity index (χ1) is 8.56. The Kier molecular flexibility index (Phi) is 4.28. The number of piperidine rings is 1. The Morgan fingerprint density at radius 1 is 1.50 bits per heavy atom. The zero-order valence-electron chi connectivity index (χ0n) is 9.24. The molecule has 1 saturated heterocycles. The summed E-state index contributed by atoms with van der Waals surface area (Å²) in [5.41, 5.74) is 0. The smallest absolute Gasteiger partial charge is 0.230 e. The molecule has 0 bridgehead atoms. The molecule has 2 amide bonds. The fraction of sp³-hybridized carbons (Fsp3) is 0.400. The highest BCUT2D eigenvalue weighted by Gasteiger charge is 2.25. The molecule has 0 spiro atoms. The fourth-order valence-electron chi connectivity index (χ4n) is 1.61. The first-order valence-corrected chi connectivity index (χ1v) is 6.90. The van der Waals surface area contributed by atoms with Crippen LogP contribution in [0.25, 0.3) is 0 Å². The van der Waals surface area contributed by atoms with E-state index in [2.05, 4.69) is 52.5 Å². The van der Waals surface area contributed by atoms with Crippen molar-refractivity contribution in [2.75, 3.05) is 11.9 Å². The number of anilines is 1. The standard InChI is InChI=1S/C10H10Br2N4O2/c11-6-4-14-9(8(12)15-6)16-10(18)5-1-2-7(17)13-3-5/h4-5H,1-3H2,(H,13,17)(H,14,16,18). The van der Waals surface area contributed by atoms with Crippen LogP contribution >= 0.6 is 31.9 Å². The SMILES string of the molecule is O=C1CCC(C(=O)Nc2ncc(Br)nc2Br)CN1. The van der Waals surface area contributed by atoms with Crippen LogP contribution in [0.2, 0.25) is 0 Å². The maximum absolute atomic E-state index is 11.9. The number of halogens is 2. The summed E-state index contributed by atoms with van der Waals surface area (Å²) in [6.07, 6.45) is 2.44. The molecule has 0 radical (unpaired) electrons. The minimum Gasteiger partial charge on any atom is -0.355 e. The van der Waals surface area contributed by atoms with Crippen LogP contribution in [-0.4, -0.2) is 28.3 Å². The third-order valence-electron chi connectivity index (χ3n) is 2.58. The molecular weight excluding hydrogens is 368 g/mol. The van der Waals surface area contributed by atoms with Gasteiger partial charge in [-0.1, -0.05) is 0 Å². The van der Waals surface area contributed by atoms with E-state index in [-0.39, 0.29) is 17.7 Å². The van der Waals surface area contributed by atoms with E-state index in [1.165, 1.54) is 6.20 Å². The molecule has 0 saturated carbocycles. The van der Waals surface area contributed by atoms with Gasteiger partial charge in [-0.3, -0.25) is 9.59 Å². The number of nitrogens with one attached hydrogen (secondary N) is 2. The molecule has 18 heavy (non-hydrogen) atoms. The summed E-state index contributed by atoms with van der Waals surface area (Å²) in [7, 11) is 0.